The van der Waals surface area contributed by atoms with E-state index in [1.165, 1.54) is 0 Å². The van der Waals surface area contributed by atoms with Gasteiger partial charge in [-0.1, -0.05) is 13.8 Å². The van der Waals surface area contributed by atoms with Crippen LogP contribution in [0, 0.1) is 0 Å². The fourth-order valence-corrected chi connectivity index (χ4v) is 0. The molecule has 0 heterocycles. The quantitative estimate of drug-likeness (QED) is 0.569. The van der Waals surface area contributed by atoms with Crippen LogP contribution in [0.25, 0.3) is 0 Å². The fourth-order valence-electron chi connectivity index (χ4n) is 0. The van der Waals surface area contributed by atoms with Crippen molar-refractivity contribution < 1.29 is 0 Å². The average molecular weight is 173 g/mol. The second-order valence-electron chi connectivity index (χ2n) is 2.79. The average Bonchev–Trinajstić information content (AvgIpc) is 1.89. The minimum atomic E-state index is 0. The molecule has 0 N–H and O–H groups in total. The summed E-state index contributed by atoms with van der Waals surface area (Å²) in [5.41, 5.74) is 0. The maximum Gasteiger partial charge on any atom is 0 e. The lowest BCUT2D eigenvalue weighted by Gasteiger charge is -2.00. The molecule has 0 amide bonds. The zero-order valence-corrected chi connectivity index (χ0v) is 10.0. The first-order valence-electron chi connectivity index (χ1n) is 3.84. The van der Waals surface area contributed by atoms with Crippen molar-refractivity contribution in [2.45, 2.75) is 13.8 Å². The Balaban J connectivity index is -0.000000107. The molecule has 0 bridgehead atoms. The van der Waals surface area contributed by atoms with Crippen molar-refractivity contribution in [2.75, 3.05) is 41.3 Å². The molecule has 3 heteroatoms. The summed E-state index contributed by atoms with van der Waals surface area (Å²) in [5.74, 6) is 0. The topological polar surface area (TPSA) is 6.48 Å². The van der Waals surface area contributed by atoms with Gasteiger partial charge in [0.1, 0.15) is 0 Å². The van der Waals surface area contributed by atoms with Gasteiger partial charge < -0.3 is 9.80 Å². The Bertz CT molecular complexity index is 48.1. The molecule has 0 aromatic rings. The number of nitrogens with zero attached hydrogens (tertiary/aromatic N) is 2. The highest BCUT2D eigenvalue weighted by Gasteiger charge is 1.72. The molecular formula is C8H22AlN2. The molecule has 0 rings (SSSR count). The molecule has 3 radical (unpaired) electrons. The van der Waals surface area contributed by atoms with Crippen molar-refractivity contribution in [3.05, 3.63) is 0 Å². The van der Waals surface area contributed by atoms with E-state index in [-0.39, 0.29) is 17.4 Å². The molecule has 0 aliphatic rings. The Morgan fingerprint density at radius 1 is 0.727 bits per heavy atom. The zero-order chi connectivity index (χ0) is 8.57. The highest BCUT2D eigenvalue weighted by Crippen LogP contribution is 1.64. The van der Waals surface area contributed by atoms with Gasteiger partial charge in [0.25, 0.3) is 0 Å². The molecule has 0 aliphatic carbocycles. The van der Waals surface area contributed by atoms with Gasteiger partial charge in [-0.05, 0) is 41.3 Å². The minimum Gasteiger partial charge on any atom is -0.310 e. The molecule has 0 saturated heterocycles. The van der Waals surface area contributed by atoms with Crippen LogP contribution in [-0.2, 0) is 0 Å². The van der Waals surface area contributed by atoms with Crippen molar-refractivity contribution in [3.8, 4) is 0 Å². The predicted molar refractivity (Wildman–Crippen MR) is 54.2 cm³/mol. The van der Waals surface area contributed by atoms with Gasteiger partial charge in [0.15, 0.2) is 0 Å². The smallest absolute Gasteiger partial charge is 0 e. The number of hydrogen-bond acceptors (Lipinski definition) is 2. The van der Waals surface area contributed by atoms with Crippen LogP contribution in [0.5, 0.6) is 0 Å². The lowest BCUT2D eigenvalue weighted by atomic mass is 10.7. The summed E-state index contributed by atoms with van der Waals surface area (Å²) < 4.78 is 0. The monoisotopic (exact) mass is 173 g/mol. The van der Waals surface area contributed by atoms with Gasteiger partial charge in [0.2, 0.25) is 0 Å². The van der Waals surface area contributed by atoms with Gasteiger partial charge in [0, 0.05) is 17.4 Å². The lowest BCUT2D eigenvalue weighted by Crippen LogP contribution is -2.08. The molecule has 0 aromatic carbocycles. The largest absolute Gasteiger partial charge is 0.310 e. The van der Waals surface area contributed by atoms with Gasteiger partial charge in [-0.15, -0.1) is 0 Å². The van der Waals surface area contributed by atoms with E-state index in [0.717, 1.165) is 13.1 Å². The predicted octanol–water partition coefficient (Wildman–Crippen LogP) is 0.755. The van der Waals surface area contributed by atoms with E-state index in [1.54, 1.807) is 0 Å². The van der Waals surface area contributed by atoms with E-state index in [1.807, 2.05) is 0 Å². The highest BCUT2D eigenvalue weighted by molar-refractivity contribution is 5.75. The van der Waals surface area contributed by atoms with Gasteiger partial charge >= 0.3 is 0 Å². The van der Waals surface area contributed by atoms with Crippen LogP contribution in [0.2, 0.25) is 0 Å². The SMILES string of the molecule is CCN(C)C.CCN(C)C.[Al]. The fraction of sp³-hybridized carbons (Fsp3) is 1.00. The second-order valence-corrected chi connectivity index (χ2v) is 2.79. The zero-order valence-electron chi connectivity index (χ0n) is 8.89. The molecule has 0 saturated carbocycles. The van der Waals surface area contributed by atoms with E-state index in [2.05, 4.69) is 51.8 Å². The molecule has 0 atom stereocenters. The Kier molecular flexibility index (Phi) is 20.8. The first-order valence-corrected chi connectivity index (χ1v) is 3.84. The van der Waals surface area contributed by atoms with Crippen LogP contribution in [0.3, 0.4) is 0 Å². The first kappa shape index (κ1) is 17.5. The molecule has 67 valence electrons. The summed E-state index contributed by atoms with van der Waals surface area (Å²) >= 11 is 0. The number of rotatable bonds is 2. The van der Waals surface area contributed by atoms with Gasteiger partial charge in [-0.25, -0.2) is 0 Å². The summed E-state index contributed by atoms with van der Waals surface area (Å²) in [7, 11) is 8.22. The van der Waals surface area contributed by atoms with Crippen molar-refractivity contribution in [3.63, 3.8) is 0 Å². The van der Waals surface area contributed by atoms with Crippen molar-refractivity contribution in [1.82, 2.24) is 9.80 Å². The highest BCUT2D eigenvalue weighted by atomic mass is 27.0. The molecule has 2 nitrogen and oxygen atoms in total. The van der Waals surface area contributed by atoms with E-state index in [0.29, 0.717) is 0 Å². The van der Waals surface area contributed by atoms with Crippen LogP contribution in [0.4, 0.5) is 0 Å². The minimum absolute atomic E-state index is 0. The van der Waals surface area contributed by atoms with E-state index < -0.39 is 0 Å². The Hall–Kier alpha value is 0.452. The Morgan fingerprint density at radius 3 is 0.818 bits per heavy atom. The Labute approximate surface area is 82.7 Å². The molecule has 11 heavy (non-hydrogen) atoms. The molecule has 0 unspecified atom stereocenters. The van der Waals surface area contributed by atoms with Crippen molar-refractivity contribution in [2.24, 2.45) is 0 Å². The third-order valence-electron chi connectivity index (χ3n) is 1.26. The van der Waals surface area contributed by atoms with Gasteiger partial charge in [-0.2, -0.15) is 0 Å². The molecule has 0 fully saturated rings. The van der Waals surface area contributed by atoms with E-state index in [9.17, 15) is 0 Å². The lowest BCUT2D eigenvalue weighted by molar-refractivity contribution is 0.434. The molecule has 0 spiro atoms. The van der Waals surface area contributed by atoms with Crippen molar-refractivity contribution >= 4 is 17.4 Å². The summed E-state index contributed by atoms with van der Waals surface area (Å²) in [6.07, 6.45) is 0. The maximum atomic E-state index is 2.12. The Morgan fingerprint density at radius 2 is 0.818 bits per heavy atom. The summed E-state index contributed by atoms with van der Waals surface area (Å²) in [6, 6.07) is 0. The molecular weight excluding hydrogens is 151 g/mol. The summed E-state index contributed by atoms with van der Waals surface area (Å²) in [5, 5.41) is 0. The van der Waals surface area contributed by atoms with Gasteiger partial charge in [0.05, 0.1) is 0 Å². The molecule has 0 aromatic heterocycles. The summed E-state index contributed by atoms with van der Waals surface area (Å²) in [6.45, 7) is 6.53. The van der Waals surface area contributed by atoms with E-state index in [4.69, 9.17) is 0 Å². The van der Waals surface area contributed by atoms with Crippen LogP contribution in [-0.4, -0.2) is 68.4 Å². The third-order valence-corrected chi connectivity index (χ3v) is 1.26. The van der Waals surface area contributed by atoms with Crippen LogP contribution in [0.1, 0.15) is 13.8 Å². The van der Waals surface area contributed by atoms with E-state index >= 15 is 0 Å². The third kappa shape index (κ3) is 37.7. The summed E-state index contributed by atoms with van der Waals surface area (Å²) in [4.78, 5) is 4.25. The van der Waals surface area contributed by atoms with Crippen LogP contribution >= 0.6 is 0 Å². The van der Waals surface area contributed by atoms with Crippen LogP contribution in [0.15, 0.2) is 0 Å². The second kappa shape index (κ2) is 13.1. The van der Waals surface area contributed by atoms with Crippen LogP contribution < -0.4 is 0 Å². The van der Waals surface area contributed by atoms with Gasteiger partial charge in [-0.3, -0.25) is 0 Å². The number of hydrogen-bond donors (Lipinski definition) is 0. The standard InChI is InChI=1S/2C4H11N.Al/c2*1-4-5(2)3;/h2*4H2,1-3H3;. The maximum absolute atomic E-state index is 2.12. The first-order chi connectivity index (χ1) is 4.54. The molecule has 0 aliphatic heterocycles. The van der Waals surface area contributed by atoms with Crippen molar-refractivity contribution in [1.29, 1.82) is 0 Å². The normalized spacial score (nSPS) is 8.73.